The van der Waals surface area contributed by atoms with Gasteiger partial charge < -0.3 is 25.0 Å². The van der Waals surface area contributed by atoms with Gasteiger partial charge >= 0.3 is 0 Å². The fourth-order valence-corrected chi connectivity index (χ4v) is 3.47. The first-order valence-electron chi connectivity index (χ1n) is 8.57. The second kappa shape index (κ2) is 12.0. The van der Waals surface area contributed by atoms with Crippen LogP contribution in [0.25, 0.3) is 0 Å². The molecule has 6 nitrogen and oxygen atoms in total. The molecule has 0 aliphatic rings. The highest BCUT2D eigenvalue weighted by molar-refractivity contribution is 14.0. The highest BCUT2D eigenvalue weighted by Gasteiger charge is 2.16. The van der Waals surface area contributed by atoms with Crippen LogP contribution in [0.4, 0.5) is 5.69 Å². The molecule has 0 fully saturated rings. The van der Waals surface area contributed by atoms with Gasteiger partial charge in [0.15, 0.2) is 17.5 Å². The Labute approximate surface area is 183 Å². The molecular formula is C19H29IN4O2S. The molecule has 1 aromatic heterocycles. The van der Waals surface area contributed by atoms with Gasteiger partial charge in [-0.3, -0.25) is 4.99 Å². The Bertz CT molecular complexity index is 708. The number of hydrogen-bond donors (Lipinski definition) is 2. The Hall–Kier alpha value is -1.52. The van der Waals surface area contributed by atoms with Crippen molar-refractivity contribution < 1.29 is 9.47 Å². The molecule has 0 radical (unpaired) electrons. The molecular weight excluding hydrogens is 475 g/mol. The zero-order chi connectivity index (χ0) is 18.9. The summed E-state index contributed by atoms with van der Waals surface area (Å²) in [6.45, 7) is 3.30. The molecule has 150 valence electrons. The van der Waals surface area contributed by atoms with Crippen molar-refractivity contribution in [1.29, 1.82) is 0 Å². The van der Waals surface area contributed by atoms with Crippen LogP contribution in [-0.4, -0.2) is 52.3 Å². The number of benzene rings is 1. The van der Waals surface area contributed by atoms with Crippen LogP contribution in [0.5, 0.6) is 11.5 Å². The first kappa shape index (κ1) is 23.5. The van der Waals surface area contributed by atoms with Gasteiger partial charge in [0.25, 0.3) is 0 Å². The van der Waals surface area contributed by atoms with Gasteiger partial charge in [0.05, 0.1) is 19.8 Å². The number of thiophene rings is 1. The molecule has 0 saturated carbocycles. The predicted octanol–water partition coefficient (Wildman–Crippen LogP) is 4.06. The van der Waals surface area contributed by atoms with Crippen LogP contribution in [0.3, 0.4) is 0 Å². The number of halogens is 1. The molecule has 0 spiro atoms. The van der Waals surface area contributed by atoms with Gasteiger partial charge in [-0.05, 0) is 44.6 Å². The maximum absolute atomic E-state index is 5.56. The van der Waals surface area contributed by atoms with Crippen molar-refractivity contribution in [3.63, 3.8) is 0 Å². The van der Waals surface area contributed by atoms with E-state index in [1.54, 1.807) is 25.5 Å². The highest BCUT2D eigenvalue weighted by atomic mass is 127. The number of guanidine groups is 1. The number of methoxy groups -OCH3 is 1. The van der Waals surface area contributed by atoms with Crippen molar-refractivity contribution >= 4 is 47.0 Å². The number of aliphatic imine (C=N–C) groups is 1. The third kappa shape index (κ3) is 6.86. The van der Waals surface area contributed by atoms with E-state index in [1.165, 1.54) is 4.88 Å². The van der Waals surface area contributed by atoms with E-state index in [4.69, 9.17) is 9.47 Å². The SMILES string of the molecule is CCOc1ccc(NC(=NC)NCC(c2cccs2)N(C)C)cc1OC.I. The fourth-order valence-electron chi connectivity index (χ4n) is 2.55. The van der Waals surface area contributed by atoms with E-state index in [9.17, 15) is 0 Å². The monoisotopic (exact) mass is 504 g/mol. The smallest absolute Gasteiger partial charge is 0.195 e. The average molecular weight is 504 g/mol. The van der Waals surface area contributed by atoms with Crippen LogP contribution in [-0.2, 0) is 0 Å². The van der Waals surface area contributed by atoms with Gasteiger partial charge in [0.1, 0.15) is 0 Å². The lowest BCUT2D eigenvalue weighted by Crippen LogP contribution is -2.37. The maximum atomic E-state index is 5.56. The molecule has 0 aliphatic heterocycles. The molecule has 8 heteroatoms. The van der Waals surface area contributed by atoms with Gasteiger partial charge in [0, 0.05) is 30.2 Å². The quantitative estimate of drug-likeness (QED) is 0.323. The topological polar surface area (TPSA) is 58.1 Å². The van der Waals surface area contributed by atoms with Crippen LogP contribution in [0.2, 0.25) is 0 Å². The minimum atomic E-state index is 0. The predicted molar refractivity (Wildman–Crippen MR) is 125 cm³/mol. The number of rotatable bonds is 8. The van der Waals surface area contributed by atoms with E-state index in [0.29, 0.717) is 18.3 Å². The highest BCUT2D eigenvalue weighted by Crippen LogP contribution is 2.30. The van der Waals surface area contributed by atoms with E-state index < -0.39 is 0 Å². The summed E-state index contributed by atoms with van der Waals surface area (Å²) < 4.78 is 11.0. The normalized spacial score (nSPS) is 12.3. The molecule has 1 heterocycles. The fraction of sp³-hybridized carbons (Fsp3) is 0.421. The Kier molecular flexibility index (Phi) is 10.5. The molecule has 1 atom stereocenters. The van der Waals surface area contributed by atoms with E-state index in [-0.39, 0.29) is 30.0 Å². The minimum Gasteiger partial charge on any atom is -0.493 e. The molecule has 2 N–H and O–H groups in total. The molecule has 2 aromatic rings. The number of hydrogen-bond acceptors (Lipinski definition) is 5. The van der Waals surface area contributed by atoms with Gasteiger partial charge in [-0.1, -0.05) is 6.07 Å². The first-order chi connectivity index (χ1) is 12.6. The average Bonchev–Trinajstić information content (AvgIpc) is 3.16. The van der Waals surface area contributed by atoms with Crippen molar-refractivity contribution in [3.8, 4) is 11.5 Å². The van der Waals surface area contributed by atoms with Crippen molar-refractivity contribution in [1.82, 2.24) is 10.2 Å². The van der Waals surface area contributed by atoms with Crippen LogP contribution in [0.1, 0.15) is 17.8 Å². The Balaban J connectivity index is 0.00000364. The summed E-state index contributed by atoms with van der Waals surface area (Å²) in [5.74, 6) is 2.13. The number of likely N-dealkylation sites (N-methyl/N-ethyl adjacent to an activating group) is 1. The number of ether oxygens (including phenoxy) is 2. The Morgan fingerprint density at radius 3 is 2.59 bits per heavy atom. The molecule has 0 amide bonds. The lowest BCUT2D eigenvalue weighted by Gasteiger charge is -2.24. The number of nitrogens with one attached hydrogen (secondary N) is 2. The van der Waals surface area contributed by atoms with E-state index >= 15 is 0 Å². The summed E-state index contributed by atoms with van der Waals surface area (Å²) in [7, 11) is 7.56. The summed E-state index contributed by atoms with van der Waals surface area (Å²) in [4.78, 5) is 7.84. The summed E-state index contributed by atoms with van der Waals surface area (Å²) >= 11 is 1.76. The molecule has 0 saturated heterocycles. The van der Waals surface area contributed by atoms with Gasteiger partial charge in [-0.15, -0.1) is 35.3 Å². The van der Waals surface area contributed by atoms with Crippen molar-refractivity contribution in [2.45, 2.75) is 13.0 Å². The maximum Gasteiger partial charge on any atom is 0.195 e. The first-order valence-corrected chi connectivity index (χ1v) is 9.45. The minimum absolute atomic E-state index is 0. The van der Waals surface area contributed by atoms with Gasteiger partial charge in [0.2, 0.25) is 0 Å². The largest absolute Gasteiger partial charge is 0.493 e. The van der Waals surface area contributed by atoms with Crippen LogP contribution in [0, 0.1) is 0 Å². The molecule has 2 rings (SSSR count). The Morgan fingerprint density at radius 2 is 2.04 bits per heavy atom. The summed E-state index contributed by atoms with van der Waals surface area (Å²) in [6, 6.07) is 10.3. The lowest BCUT2D eigenvalue weighted by atomic mass is 10.2. The second-order valence-electron chi connectivity index (χ2n) is 5.87. The summed E-state index contributed by atoms with van der Waals surface area (Å²) in [5.41, 5.74) is 0.885. The third-order valence-corrected chi connectivity index (χ3v) is 4.88. The Morgan fingerprint density at radius 1 is 1.26 bits per heavy atom. The van der Waals surface area contributed by atoms with Crippen molar-refractivity contribution in [3.05, 3.63) is 40.6 Å². The zero-order valence-corrected chi connectivity index (χ0v) is 19.6. The number of anilines is 1. The van der Waals surface area contributed by atoms with E-state index in [1.807, 2.05) is 25.1 Å². The van der Waals surface area contributed by atoms with E-state index in [2.05, 4.69) is 52.1 Å². The van der Waals surface area contributed by atoms with Crippen LogP contribution < -0.4 is 20.1 Å². The zero-order valence-electron chi connectivity index (χ0n) is 16.5. The third-order valence-electron chi connectivity index (χ3n) is 3.91. The van der Waals surface area contributed by atoms with Gasteiger partial charge in [-0.25, -0.2) is 0 Å². The van der Waals surface area contributed by atoms with Crippen molar-refractivity contribution in [2.24, 2.45) is 4.99 Å². The van der Waals surface area contributed by atoms with Crippen molar-refractivity contribution in [2.75, 3.05) is 46.7 Å². The standard InChI is InChI=1S/C19H28N4O2S.HI/c1-6-25-16-10-9-14(12-17(16)24-5)22-19(20-2)21-13-15(23(3)4)18-8-7-11-26-18;/h7-12,15H,6,13H2,1-5H3,(H2,20,21,22);1H. The molecule has 27 heavy (non-hydrogen) atoms. The molecule has 0 bridgehead atoms. The molecule has 1 unspecified atom stereocenters. The molecule has 1 aromatic carbocycles. The van der Waals surface area contributed by atoms with E-state index in [0.717, 1.165) is 18.0 Å². The summed E-state index contributed by atoms with van der Waals surface area (Å²) in [6.07, 6.45) is 0. The van der Waals surface area contributed by atoms with Gasteiger partial charge in [-0.2, -0.15) is 0 Å². The van der Waals surface area contributed by atoms with Crippen LogP contribution in [0.15, 0.2) is 40.7 Å². The lowest BCUT2D eigenvalue weighted by molar-refractivity contribution is 0.303. The number of nitrogens with zero attached hydrogens (tertiary/aromatic N) is 2. The molecule has 0 aliphatic carbocycles. The summed E-state index contributed by atoms with van der Waals surface area (Å²) in [5, 5.41) is 8.80. The van der Waals surface area contributed by atoms with Crippen LogP contribution >= 0.6 is 35.3 Å². The second-order valence-corrected chi connectivity index (χ2v) is 6.85.